The second-order valence-electron chi connectivity index (χ2n) is 7.58. The highest BCUT2D eigenvalue weighted by Gasteiger charge is 2.21. The fourth-order valence-electron chi connectivity index (χ4n) is 2.94. The molecule has 2 aromatic carbocycles. The van der Waals surface area contributed by atoms with E-state index >= 15 is 0 Å². The molecule has 6 nitrogen and oxygen atoms in total. The maximum atomic E-state index is 12.3. The highest BCUT2D eigenvalue weighted by atomic mass is 16.2. The van der Waals surface area contributed by atoms with Crippen molar-refractivity contribution in [1.82, 2.24) is 5.32 Å². The van der Waals surface area contributed by atoms with Crippen LogP contribution >= 0.6 is 0 Å². The second kappa shape index (κ2) is 9.37. The highest BCUT2D eigenvalue weighted by Crippen LogP contribution is 2.16. The molecule has 2 amide bonds. The van der Waals surface area contributed by atoms with Crippen LogP contribution in [0.5, 0.6) is 0 Å². The van der Waals surface area contributed by atoms with Crippen LogP contribution in [0.2, 0.25) is 0 Å². The molecule has 0 heterocycles. The number of hydrogen-bond acceptors (Lipinski definition) is 3. The zero-order chi connectivity index (χ0) is 20.8. The summed E-state index contributed by atoms with van der Waals surface area (Å²) in [6, 6.07) is 13.9. The van der Waals surface area contributed by atoms with Crippen LogP contribution in [0.4, 0.5) is 11.4 Å². The van der Waals surface area contributed by atoms with E-state index in [1.807, 2.05) is 59.1 Å². The van der Waals surface area contributed by atoms with Gasteiger partial charge in [-0.25, -0.2) is 0 Å². The molecule has 0 spiro atoms. The van der Waals surface area contributed by atoms with Crippen molar-refractivity contribution in [3.8, 4) is 0 Å². The molecule has 0 unspecified atom stereocenters. The van der Waals surface area contributed by atoms with Gasteiger partial charge in [0.25, 0.3) is 0 Å². The minimum atomic E-state index is -0.654. The van der Waals surface area contributed by atoms with E-state index in [4.69, 9.17) is 0 Å². The maximum absolute atomic E-state index is 12.3. The molecule has 0 aliphatic heterocycles. The minimum Gasteiger partial charge on any atom is -0.378 e. The summed E-state index contributed by atoms with van der Waals surface area (Å²) in [5.74, 6) is -1.28. The number of carbonyl (C=O) groups is 2. The van der Waals surface area contributed by atoms with E-state index in [-0.39, 0.29) is 6.04 Å². The van der Waals surface area contributed by atoms with Crippen molar-refractivity contribution in [1.29, 1.82) is 0 Å². The predicted octanol–water partition coefficient (Wildman–Crippen LogP) is 1.31. The lowest BCUT2D eigenvalue weighted by Gasteiger charge is -2.23. The van der Waals surface area contributed by atoms with Crippen LogP contribution in [0, 0.1) is 13.8 Å². The molecule has 0 radical (unpaired) electrons. The highest BCUT2D eigenvalue weighted by molar-refractivity contribution is 6.39. The number of carbonyl (C=O) groups excluding carboxylic acids is 2. The molecule has 6 heteroatoms. The molecule has 28 heavy (non-hydrogen) atoms. The first-order valence-corrected chi connectivity index (χ1v) is 9.42. The van der Waals surface area contributed by atoms with Crippen molar-refractivity contribution in [3.05, 3.63) is 59.2 Å². The maximum Gasteiger partial charge on any atom is 0.313 e. The van der Waals surface area contributed by atoms with E-state index < -0.39 is 11.8 Å². The van der Waals surface area contributed by atoms with Crippen LogP contribution < -0.4 is 20.4 Å². The van der Waals surface area contributed by atoms with Crippen molar-refractivity contribution in [2.45, 2.75) is 19.9 Å². The third-order valence-corrected chi connectivity index (χ3v) is 4.95. The summed E-state index contributed by atoms with van der Waals surface area (Å²) in [6.07, 6.45) is 0. The Hall–Kier alpha value is -2.86. The third kappa shape index (κ3) is 5.57. The lowest BCUT2D eigenvalue weighted by atomic mass is 10.1. The molecule has 3 N–H and O–H groups in total. The summed E-state index contributed by atoms with van der Waals surface area (Å²) in [6.45, 7) is 4.35. The van der Waals surface area contributed by atoms with E-state index in [1.54, 1.807) is 6.07 Å². The van der Waals surface area contributed by atoms with Crippen molar-refractivity contribution < 1.29 is 14.5 Å². The molecular formula is C22H31N4O2+. The average molecular weight is 384 g/mol. The summed E-state index contributed by atoms with van der Waals surface area (Å²) in [5, 5.41) is 5.42. The molecule has 2 rings (SSSR count). The Morgan fingerprint density at radius 2 is 1.61 bits per heavy atom. The first-order chi connectivity index (χ1) is 13.2. The molecule has 0 aliphatic rings. The fraction of sp³-hybridized carbons (Fsp3) is 0.364. The Morgan fingerprint density at radius 1 is 0.964 bits per heavy atom. The van der Waals surface area contributed by atoms with Crippen LogP contribution in [0.15, 0.2) is 42.5 Å². The van der Waals surface area contributed by atoms with E-state index in [1.165, 1.54) is 4.90 Å². The zero-order valence-corrected chi connectivity index (χ0v) is 17.6. The average Bonchev–Trinajstić information content (AvgIpc) is 2.64. The van der Waals surface area contributed by atoms with E-state index in [0.717, 1.165) is 22.4 Å². The predicted molar refractivity (Wildman–Crippen MR) is 114 cm³/mol. The number of nitrogens with zero attached hydrogens (tertiary/aromatic N) is 1. The Kier molecular flexibility index (Phi) is 7.18. The number of anilines is 2. The minimum absolute atomic E-state index is 0.0505. The molecule has 0 aliphatic carbocycles. The van der Waals surface area contributed by atoms with Crippen LogP contribution in [-0.4, -0.2) is 46.5 Å². The van der Waals surface area contributed by atoms with E-state index in [9.17, 15) is 9.59 Å². The molecule has 0 saturated carbocycles. The summed E-state index contributed by atoms with van der Waals surface area (Å²) in [7, 11) is 8.06. The Labute approximate surface area is 167 Å². The number of quaternary nitrogens is 1. The Balaban J connectivity index is 1.99. The topological polar surface area (TPSA) is 65.9 Å². The van der Waals surface area contributed by atoms with Gasteiger partial charge in [0, 0.05) is 31.0 Å². The number of aryl methyl sites for hydroxylation is 2. The number of amides is 2. The lowest BCUT2D eigenvalue weighted by Crippen LogP contribution is -3.07. The number of hydrogen-bond donors (Lipinski definition) is 3. The van der Waals surface area contributed by atoms with Gasteiger partial charge in [0.2, 0.25) is 0 Å². The molecule has 0 saturated heterocycles. The summed E-state index contributed by atoms with van der Waals surface area (Å²) in [5.41, 5.74) is 5.06. The van der Waals surface area contributed by atoms with Gasteiger partial charge < -0.3 is 20.4 Å². The molecule has 0 bridgehead atoms. The van der Waals surface area contributed by atoms with Crippen molar-refractivity contribution >= 4 is 23.2 Å². The molecule has 2 aromatic rings. The lowest BCUT2D eigenvalue weighted by molar-refractivity contribution is -0.890. The van der Waals surface area contributed by atoms with Gasteiger partial charge >= 0.3 is 11.8 Å². The first kappa shape index (κ1) is 21.4. The van der Waals surface area contributed by atoms with Crippen molar-refractivity contribution in [2.24, 2.45) is 0 Å². The van der Waals surface area contributed by atoms with Crippen LogP contribution in [-0.2, 0) is 9.59 Å². The Morgan fingerprint density at radius 3 is 2.14 bits per heavy atom. The van der Waals surface area contributed by atoms with E-state index in [0.29, 0.717) is 12.2 Å². The fourth-order valence-corrected chi connectivity index (χ4v) is 2.94. The number of likely N-dealkylation sites (N-methyl/N-ethyl adjacent to an activating group) is 1. The van der Waals surface area contributed by atoms with Gasteiger partial charge in [-0.3, -0.25) is 9.59 Å². The smallest absolute Gasteiger partial charge is 0.313 e. The zero-order valence-electron chi connectivity index (χ0n) is 17.6. The standard InChI is InChI=1S/C22H30N4O2/c1-15-7-10-18(13-16(15)2)24-22(28)21(27)23-14-20(26(5)6)17-8-11-19(12-9-17)25(3)4/h7-13,20H,14H2,1-6H3,(H,23,27)(H,24,28)/p+1/t20-/m1/s1. The second-order valence-corrected chi connectivity index (χ2v) is 7.58. The van der Waals surface area contributed by atoms with Gasteiger partial charge in [0.1, 0.15) is 6.04 Å². The van der Waals surface area contributed by atoms with Gasteiger partial charge in [-0.05, 0) is 49.2 Å². The molecule has 0 aromatic heterocycles. The SMILES string of the molecule is Cc1ccc(NC(=O)C(=O)NC[C@H](c2ccc(N(C)C)cc2)[NH+](C)C)cc1C. The number of rotatable bonds is 6. The summed E-state index contributed by atoms with van der Waals surface area (Å²) >= 11 is 0. The van der Waals surface area contributed by atoms with Crippen LogP contribution in [0.1, 0.15) is 22.7 Å². The summed E-state index contributed by atoms with van der Waals surface area (Å²) in [4.78, 5) is 27.7. The molecular weight excluding hydrogens is 352 g/mol. The molecule has 1 atom stereocenters. The van der Waals surface area contributed by atoms with Gasteiger partial charge in [-0.2, -0.15) is 0 Å². The van der Waals surface area contributed by atoms with Gasteiger partial charge in [-0.1, -0.05) is 18.2 Å². The normalized spacial score (nSPS) is 11.8. The quantitative estimate of drug-likeness (QED) is 0.659. The number of nitrogens with one attached hydrogen (secondary N) is 3. The third-order valence-electron chi connectivity index (χ3n) is 4.95. The van der Waals surface area contributed by atoms with E-state index in [2.05, 4.69) is 34.9 Å². The van der Waals surface area contributed by atoms with Crippen LogP contribution in [0.25, 0.3) is 0 Å². The van der Waals surface area contributed by atoms with Gasteiger partial charge in [-0.15, -0.1) is 0 Å². The van der Waals surface area contributed by atoms with Crippen LogP contribution in [0.3, 0.4) is 0 Å². The number of benzene rings is 2. The largest absolute Gasteiger partial charge is 0.378 e. The van der Waals surface area contributed by atoms with Gasteiger partial charge in [0.05, 0.1) is 20.6 Å². The molecule has 150 valence electrons. The summed E-state index contributed by atoms with van der Waals surface area (Å²) < 4.78 is 0. The van der Waals surface area contributed by atoms with Gasteiger partial charge in [0.15, 0.2) is 0 Å². The molecule has 0 fully saturated rings. The monoisotopic (exact) mass is 383 g/mol. The Bertz CT molecular complexity index is 829. The first-order valence-electron chi connectivity index (χ1n) is 9.42. The van der Waals surface area contributed by atoms with Crippen molar-refractivity contribution in [2.75, 3.05) is 45.0 Å². The van der Waals surface area contributed by atoms with Crippen molar-refractivity contribution in [3.63, 3.8) is 0 Å².